The number of aromatic hydroxyl groups is 1. The average Bonchev–Trinajstić information content (AvgIpc) is 2.86. The fraction of sp³-hybridized carbons (Fsp3) is 0.286. The zero-order valence-electron chi connectivity index (χ0n) is 19.3. The number of rotatable bonds is 8. The van der Waals surface area contributed by atoms with Gasteiger partial charge in [0.25, 0.3) is 5.91 Å². The highest BCUT2D eigenvalue weighted by Crippen LogP contribution is 2.36. The molecule has 15 nitrogen and oxygen atoms in total. The Kier molecular flexibility index (Phi) is 9.23. The van der Waals surface area contributed by atoms with Crippen LogP contribution in [0.4, 0.5) is 17.5 Å². The Labute approximate surface area is 228 Å². The number of nitrogens with zero attached hydrogens (tertiary/aromatic N) is 4. The Morgan fingerprint density at radius 1 is 1.34 bits per heavy atom. The summed E-state index contributed by atoms with van der Waals surface area (Å²) in [6, 6.07) is 1.53. The predicted molar refractivity (Wildman–Crippen MR) is 139 cm³/mol. The van der Waals surface area contributed by atoms with Crippen LogP contribution < -0.4 is 27.0 Å². The molecule has 1 aliphatic heterocycles. The lowest BCUT2D eigenvalue weighted by molar-refractivity contribution is -0.137. The molecule has 0 aliphatic carbocycles. The highest BCUT2D eigenvalue weighted by molar-refractivity contribution is 9.10. The molecule has 17 heteroatoms. The monoisotopic (exact) mass is 609 g/mol. The smallest absolute Gasteiger partial charge is 0.314 e. The summed E-state index contributed by atoms with van der Waals surface area (Å²) in [5, 5.41) is 39.5. The Morgan fingerprint density at radius 2 is 2.08 bits per heavy atom. The number of carboxylic acids is 1. The van der Waals surface area contributed by atoms with Crippen LogP contribution in [0.5, 0.6) is 5.75 Å². The van der Waals surface area contributed by atoms with Gasteiger partial charge in [-0.2, -0.15) is 0 Å². The number of aliphatic hydroxyl groups excluding tert-OH is 1. The van der Waals surface area contributed by atoms with Crippen LogP contribution in [0.2, 0.25) is 5.02 Å². The van der Waals surface area contributed by atoms with E-state index in [-0.39, 0.29) is 63.0 Å². The number of aliphatic imine (C=N–C) groups is 1. The third kappa shape index (κ3) is 7.18. The number of β-amino-alcohol motifs (C(OH)–C–C–N with tert-alkyl or cyclic N) is 1. The van der Waals surface area contributed by atoms with Gasteiger partial charge in [0.05, 0.1) is 36.1 Å². The lowest BCUT2D eigenvalue weighted by Crippen LogP contribution is -2.42. The maximum atomic E-state index is 12.7. The topological polar surface area (TPSA) is 229 Å². The van der Waals surface area contributed by atoms with E-state index in [2.05, 4.69) is 57.0 Å². The van der Waals surface area contributed by atoms with Crippen LogP contribution in [0.25, 0.3) is 4.85 Å². The number of aromatic nitrogens is 2. The molecule has 9 N–H and O–H groups in total. The number of aliphatic carboxylic acids is 1. The highest BCUT2D eigenvalue weighted by Gasteiger charge is 2.25. The van der Waals surface area contributed by atoms with Crippen molar-refractivity contribution >= 4 is 68.7 Å². The molecule has 0 radical (unpaired) electrons. The van der Waals surface area contributed by atoms with Crippen LogP contribution in [0, 0.1) is 6.57 Å². The average molecular weight is 611 g/mol. The molecule has 0 saturated carbocycles. The normalized spacial score (nSPS) is 15.3. The molecule has 0 saturated heterocycles. The third-order valence-electron chi connectivity index (χ3n) is 4.98. The van der Waals surface area contributed by atoms with E-state index in [0.29, 0.717) is 0 Å². The number of hydrogen-bond donors (Lipinski definition) is 8. The first-order valence-electron chi connectivity index (χ1n) is 10.7. The van der Waals surface area contributed by atoms with Crippen LogP contribution in [0.15, 0.2) is 21.6 Å². The first kappa shape index (κ1) is 28.4. The Hall–Kier alpha value is -4.20. The molecule has 1 aliphatic rings. The molecular formula is C21H21BrClN9O6. The van der Waals surface area contributed by atoms with E-state index in [1.165, 1.54) is 12.1 Å². The number of phenols is 1. The van der Waals surface area contributed by atoms with Gasteiger partial charge < -0.3 is 47.2 Å². The van der Waals surface area contributed by atoms with Gasteiger partial charge in [0, 0.05) is 17.1 Å². The van der Waals surface area contributed by atoms with Crippen LogP contribution in [0.1, 0.15) is 28.5 Å². The minimum absolute atomic E-state index is 0.0544. The first-order valence-corrected chi connectivity index (χ1v) is 11.9. The van der Waals surface area contributed by atoms with E-state index < -0.39 is 42.9 Å². The van der Waals surface area contributed by atoms with Crippen molar-refractivity contribution in [2.75, 3.05) is 30.7 Å². The first-order chi connectivity index (χ1) is 18.0. The second-order valence-electron chi connectivity index (χ2n) is 7.82. The molecule has 0 fully saturated rings. The number of benzene rings is 1. The van der Waals surface area contributed by atoms with Gasteiger partial charge in [-0.25, -0.2) is 4.98 Å². The van der Waals surface area contributed by atoms with Crippen molar-refractivity contribution in [3.05, 3.63) is 44.3 Å². The summed E-state index contributed by atoms with van der Waals surface area (Å²) in [4.78, 5) is 51.8. The number of nitrogens with one attached hydrogen (secondary N) is 4. The van der Waals surface area contributed by atoms with Crippen LogP contribution in [-0.2, 0) is 9.59 Å². The van der Waals surface area contributed by atoms with E-state index in [1.54, 1.807) is 0 Å². The van der Waals surface area contributed by atoms with Gasteiger partial charge in [0.15, 0.2) is 17.5 Å². The number of nitrogens with two attached hydrogens (primary N) is 1. The largest absolute Gasteiger partial charge is 0.506 e. The lowest BCUT2D eigenvalue weighted by atomic mass is 10.0. The molecule has 2 aromatic rings. The van der Waals surface area contributed by atoms with Crippen LogP contribution in [0.3, 0.4) is 0 Å². The SMILES string of the molecule is [C-]#[N+]c1nc(N)c(C(=O)NCC(=O)NC(CC(=O)O)c2cc(Cl)cc(Br)c2O)nc1NC1=NCC(O)CN1. The number of halogens is 2. The van der Waals surface area contributed by atoms with Gasteiger partial charge in [-0.3, -0.25) is 19.4 Å². The highest BCUT2D eigenvalue weighted by atomic mass is 79.9. The summed E-state index contributed by atoms with van der Waals surface area (Å²) >= 11 is 9.11. The second-order valence-corrected chi connectivity index (χ2v) is 9.11. The summed E-state index contributed by atoms with van der Waals surface area (Å²) in [6.07, 6.45) is -1.26. The lowest BCUT2D eigenvalue weighted by Gasteiger charge is -2.20. The zero-order chi connectivity index (χ0) is 28.0. The molecule has 0 bridgehead atoms. The summed E-state index contributed by atoms with van der Waals surface area (Å²) in [6.45, 7) is 6.98. The molecule has 38 heavy (non-hydrogen) atoms. The molecule has 200 valence electrons. The number of anilines is 2. The number of amides is 2. The third-order valence-corrected chi connectivity index (χ3v) is 5.81. The maximum Gasteiger partial charge on any atom is 0.314 e. The molecule has 2 unspecified atom stereocenters. The van der Waals surface area contributed by atoms with Crippen molar-refractivity contribution < 1.29 is 29.7 Å². The molecular weight excluding hydrogens is 590 g/mol. The summed E-state index contributed by atoms with van der Waals surface area (Å²) in [7, 11) is 0. The number of carbonyl (C=O) groups excluding carboxylic acids is 2. The zero-order valence-corrected chi connectivity index (χ0v) is 21.7. The van der Waals surface area contributed by atoms with Gasteiger partial charge in [-0.15, -0.1) is 0 Å². The number of carboxylic acid groups (broad SMARTS) is 1. The Bertz CT molecular complexity index is 1350. The van der Waals surface area contributed by atoms with Gasteiger partial charge in [-0.05, 0) is 28.1 Å². The van der Waals surface area contributed by atoms with E-state index in [9.17, 15) is 29.7 Å². The maximum absolute atomic E-state index is 12.7. The molecule has 0 spiro atoms. The van der Waals surface area contributed by atoms with Gasteiger partial charge >= 0.3 is 11.8 Å². The van der Waals surface area contributed by atoms with Crippen molar-refractivity contribution in [3.63, 3.8) is 0 Å². The predicted octanol–water partition coefficient (Wildman–Crippen LogP) is 0.525. The van der Waals surface area contributed by atoms with Gasteiger partial charge in [-0.1, -0.05) is 23.2 Å². The summed E-state index contributed by atoms with van der Waals surface area (Å²) in [5.74, 6) is -3.80. The number of guanidine groups is 1. The number of phenolic OH excluding ortho intramolecular Hbond substituents is 1. The van der Waals surface area contributed by atoms with E-state index in [1.807, 2.05) is 0 Å². The quantitative estimate of drug-likeness (QED) is 0.192. The van der Waals surface area contributed by atoms with E-state index in [4.69, 9.17) is 23.9 Å². The van der Waals surface area contributed by atoms with Crippen molar-refractivity contribution in [3.8, 4) is 5.75 Å². The fourth-order valence-electron chi connectivity index (χ4n) is 3.25. The van der Waals surface area contributed by atoms with Gasteiger partial charge in [0.1, 0.15) is 5.75 Å². The molecule has 2 amide bonds. The standard InChI is InChI=1S/C21H21BrClN9O6/c1-25-18-19(32-21-27-5-9(33)6-28-21)30-15(17(24)31-18)20(38)26-7-13(34)29-12(4-14(35)36)10-2-8(23)3-11(22)16(10)37/h2-3,9,12,33,37H,4-7H2,(H2,24,31)(H,26,38)(H,29,34)(H,35,36)(H2,27,28,30,32). The molecule has 2 atom stereocenters. The van der Waals surface area contributed by atoms with Gasteiger partial charge in [0.2, 0.25) is 11.7 Å². The molecule has 3 rings (SSSR count). The van der Waals surface area contributed by atoms with E-state index in [0.717, 1.165) is 0 Å². The summed E-state index contributed by atoms with van der Waals surface area (Å²) < 4.78 is 0.199. The van der Waals surface area contributed by atoms with Crippen LogP contribution >= 0.6 is 27.5 Å². The Morgan fingerprint density at radius 3 is 2.71 bits per heavy atom. The van der Waals surface area contributed by atoms with Crippen LogP contribution in [-0.4, -0.2) is 74.8 Å². The number of nitrogen functional groups attached to an aromatic ring is 1. The van der Waals surface area contributed by atoms with Crippen molar-refractivity contribution in [1.29, 1.82) is 0 Å². The van der Waals surface area contributed by atoms with Crippen molar-refractivity contribution in [1.82, 2.24) is 25.9 Å². The molecule has 1 aromatic heterocycles. The fourth-order valence-corrected chi connectivity index (χ4v) is 4.08. The minimum Gasteiger partial charge on any atom is -0.506 e. The van der Waals surface area contributed by atoms with Crippen molar-refractivity contribution in [2.45, 2.75) is 18.6 Å². The molecule has 2 heterocycles. The Balaban J connectivity index is 1.73. The minimum atomic E-state index is -1.26. The second kappa shape index (κ2) is 12.4. The van der Waals surface area contributed by atoms with Crippen molar-refractivity contribution in [2.24, 2.45) is 4.99 Å². The summed E-state index contributed by atoms with van der Waals surface area (Å²) in [5.41, 5.74) is 5.45. The van der Waals surface area contributed by atoms with E-state index >= 15 is 0 Å². The molecule has 1 aromatic carbocycles. The number of aliphatic hydroxyl groups is 1. The number of hydrogen-bond acceptors (Lipinski definition) is 11. The number of carbonyl (C=O) groups is 3.